The average Bonchev–Trinajstić information content (AvgIpc) is 2.50. The molecule has 21 heavy (non-hydrogen) atoms. The molecular weight excluding hydrogens is 268 g/mol. The van der Waals surface area contributed by atoms with E-state index in [1.165, 1.54) is 13.5 Å². The van der Waals surface area contributed by atoms with Gasteiger partial charge in [-0.3, -0.25) is 9.59 Å². The first-order valence-corrected chi connectivity index (χ1v) is 7.97. The normalized spacial score (nSPS) is 17.6. The summed E-state index contributed by atoms with van der Waals surface area (Å²) in [6, 6.07) is 0. The van der Waals surface area contributed by atoms with Crippen LogP contribution < -0.4 is 0 Å². The van der Waals surface area contributed by atoms with Gasteiger partial charge in [0.15, 0.2) is 0 Å². The van der Waals surface area contributed by atoms with E-state index < -0.39 is 0 Å². The van der Waals surface area contributed by atoms with E-state index in [0.29, 0.717) is 13.1 Å². The molecule has 0 aromatic heterocycles. The number of hydrogen-bond donors (Lipinski definition) is 0. The third-order valence-corrected chi connectivity index (χ3v) is 4.18. The molecule has 5 heteroatoms. The van der Waals surface area contributed by atoms with E-state index in [1.807, 2.05) is 25.9 Å². The van der Waals surface area contributed by atoms with Crippen molar-refractivity contribution in [3.05, 3.63) is 0 Å². The lowest BCUT2D eigenvalue weighted by atomic mass is 9.88. The molecule has 1 saturated carbocycles. The number of carbonyl (C=O) groups excluding carboxylic acids is 2. The standard InChI is InChI=1S/C16H30N2O3/c1-13(16(20)21-4)12-18(11-10-17(2)3)15(19)14-8-6-5-7-9-14/h13-14H,5-12H2,1-4H3. The van der Waals surface area contributed by atoms with E-state index >= 15 is 0 Å². The van der Waals surface area contributed by atoms with Gasteiger partial charge in [0.1, 0.15) is 0 Å². The number of amides is 1. The van der Waals surface area contributed by atoms with Crippen molar-refractivity contribution in [2.24, 2.45) is 11.8 Å². The van der Waals surface area contributed by atoms with Crippen LogP contribution in [0.1, 0.15) is 39.0 Å². The van der Waals surface area contributed by atoms with Crippen LogP contribution in [-0.4, -0.2) is 62.5 Å². The summed E-state index contributed by atoms with van der Waals surface area (Å²) in [7, 11) is 5.38. The van der Waals surface area contributed by atoms with Gasteiger partial charge in [0.05, 0.1) is 13.0 Å². The second-order valence-electron chi connectivity index (χ2n) is 6.35. The fourth-order valence-electron chi connectivity index (χ4n) is 2.83. The molecule has 0 heterocycles. The van der Waals surface area contributed by atoms with Crippen molar-refractivity contribution in [1.29, 1.82) is 0 Å². The Labute approximate surface area is 128 Å². The average molecular weight is 298 g/mol. The lowest BCUT2D eigenvalue weighted by Crippen LogP contribution is -2.44. The first-order valence-electron chi connectivity index (χ1n) is 7.97. The molecule has 1 aliphatic rings. The van der Waals surface area contributed by atoms with Crippen molar-refractivity contribution in [2.45, 2.75) is 39.0 Å². The minimum absolute atomic E-state index is 0.144. The molecule has 1 fully saturated rings. The van der Waals surface area contributed by atoms with Gasteiger partial charge in [-0.1, -0.05) is 26.2 Å². The number of rotatable bonds is 7. The van der Waals surface area contributed by atoms with Crippen LogP contribution in [0.2, 0.25) is 0 Å². The number of ether oxygens (including phenoxy) is 1. The molecule has 0 bridgehead atoms. The third-order valence-electron chi connectivity index (χ3n) is 4.18. The first kappa shape index (κ1) is 18.0. The molecule has 0 radical (unpaired) electrons. The summed E-state index contributed by atoms with van der Waals surface area (Å²) >= 11 is 0. The zero-order valence-corrected chi connectivity index (χ0v) is 13.9. The molecule has 0 spiro atoms. The highest BCUT2D eigenvalue weighted by molar-refractivity contribution is 5.80. The summed E-state index contributed by atoms with van der Waals surface area (Å²) in [5.74, 6) is -0.163. The quantitative estimate of drug-likeness (QED) is 0.672. The van der Waals surface area contributed by atoms with Gasteiger partial charge in [-0.15, -0.1) is 0 Å². The maximum atomic E-state index is 12.7. The zero-order chi connectivity index (χ0) is 15.8. The van der Waals surface area contributed by atoms with Crippen LogP contribution in [0.25, 0.3) is 0 Å². The van der Waals surface area contributed by atoms with Gasteiger partial charge >= 0.3 is 5.97 Å². The number of hydrogen-bond acceptors (Lipinski definition) is 4. The highest BCUT2D eigenvalue weighted by Crippen LogP contribution is 2.25. The molecule has 0 saturated heterocycles. The van der Waals surface area contributed by atoms with Crippen LogP contribution in [0, 0.1) is 11.8 Å². The van der Waals surface area contributed by atoms with Crippen molar-refractivity contribution in [1.82, 2.24) is 9.80 Å². The molecule has 0 aliphatic heterocycles. The van der Waals surface area contributed by atoms with E-state index in [0.717, 1.165) is 32.2 Å². The Morgan fingerprint density at radius 3 is 2.29 bits per heavy atom. The van der Waals surface area contributed by atoms with Crippen molar-refractivity contribution in [2.75, 3.05) is 40.8 Å². The van der Waals surface area contributed by atoms with Crippen LogP contribution in [0.15, 0.2) is 0 Å². The smallest absolute Gasteiger partial charge is 0.310 e. The number of methoxy groups -OCH3 is 1. The van der Waals surface area contributed by atoms with Crippen molar-refractivity contribution < 1.29 is 14.3 Å². The van der Waals surface area contributed by atoms with E-state index in [9.17, 15) is 9.59 Å². The molecule has 1 unspecified atom stereocenters. The van der Waals surface area contributed by atoms with Crippen LogP contribution >= 0.6 is 0 Å². The molecule has 0 N–H and O–H groups in total. The van der Waals surface area contributed by atoms with Crippen LogP contribution in [0.3, 0.4) is 0 Å². The van der Waals surface area contributed by atoms with Gasteiger partial charge in [-0.05, 0) is 26.9 Å². The molecule has 0 aromatic carbocycles. The Morgan fingerprint density at radius 2 is 1.76 bits per heavy atom. The van der Waals surface area contributed by atoms with E-state index in [-0.39, 0.29) is 23.7 Å². The van der Waals surface area contributed by atoms with Gasteiger partial charge in [-0.25, -0.2) is 0 Å². The van der Waals surface area contributed by atoms with Gasteiger partial charge in [0.25, 0.3) is 0 Å². The van der Waals surface area contributed by atoms with E-state index in [2.05, 4.69) is 4.90 Å². The predicted octanol–water partition coefficient (Wildman–Crippen LogP) is 1.77. The number of carbonyl (C=O) groups is 2. The summed E-state index contributed by atoms with van der Waals surface area (Å²) in [5, 5.41) is 0. The molecule has 122 valence electrons. The first-order chi connectivity index (χ1) is 9.95. The molecule has 1 aliphatic carbocycles. The zero-order valence-electron chi connectivity index (χ0n) is 13.9. The van der Waals surface area contributed by atoms with E-state index in [1.54, 1.807) is 0 Å². The van der Waals surface area contributed by atoms with Gasteiger partial charge in [0, 0.05) is 25.6 Å². The van der Waals surface area contributed by atoms with Gasteiger partial charge in [-0.2, -0.15) is 0 Å². The minimum Gasteiger partial charge on any atom is -0.469 e. The highest BCUT2D eigenvalue weighted by Gasteiger charge is 2.28. The Bertz CT molecular complexity index is 338. The number of nitrogens with zero attached hydrogens (tertiary/aromatic N) is 2. The summed E-state index contributed by atoms with van der Waals surface area (Å²) in [5.41, 5.74) is 0. The maximum Gasteiger partial charge on any atom is 0.310 e. The van der Waals surface area contributed by atoms with Crippen molar-refractivity contribution in [3.63, 3.8) is 0 Å². The molecule has 0 aromatic rings. The van der Waals surface area contributed by atoms with Crippen molar-refractivity contribution >= 4 is 11.9 Å². The molecule has 1 atom stereocenters. The lowest BCUT2D eigenvalue weighted by molar-refractivity contribution is -0.147. The fourth-order valence-corrected chi connectivity index (χ4v) is 2.83. The molecule has 1 amide bonds. The summed E-state index contributed by atoms with van der Waals surface area (Å²) < 4.78 is 4.78. The predicted molar refractivity (Wildman–Crippen MR) is 82.9 cm³/mol. The summed E-state index contributed by atoms with van der Waals surface area (Å²) in [6.45, 7) is 3.76. The fraction of sp³-hybridized carbons (Fsp3) is 0.875. The SMILES string of the molecule is COC(=O)C(C)CN(CCN(C)C)C(=O)C1CCCCC1. The molecule has 1 rings (SSSR count). The topological polar surface area (TPSA) is 49.9 Å². The molecule has 5 nitrogen and oxygen atoms in total. The maximum absolute atomic E-state index is 12.7. The van der Waals surface area contributed by atoms with Crippen LogP contribution in [0.5, 0.6) is 0 Å². The Hall–Kier alpha value is -1.10. The van der Waals surface area contributed by atoms with Gasteiger partial charge in [0.2, 0.25) is 5.91 Å². The van der Waals surface area contributed by atoms with Crippen LogP contribution in [0.4, 0.5) is 0 Å². The summed E-state index contributed by atoms with van der Waals surface area (Å²) in [6.07, 6.45) is 5.50. The third kappa shape index (κ3) is 6.04. The van der Waals surface area contributed by atoms with E-state index in [4.69, 9.17) is 4.74 Å². The largest absolute Gasteiger partial charge is 0.469 e. The second-order valence-corrected chi connectivity index (χ2v) is 6.35. The molecular formula is C16H30N2O3. The monoisotopic (exact) mass is 298 g/mol. The Morgan fingerprint density at radius 1 is 1.14 bits per heavy atom. The Kier molecular flexibility index (Phi) is 7.72. The number of likely N-dealkylation sites (N-methyl/N-ethyl adjacent to an activating group) is 1. The number of esters is 1. The van der Waals surface area contributed by atoms with Gasteiger partial charge < -0.3 is 14.5 Å². The minimum atomic E-state index is -0.273. The summed E-state index contributed by atoms with van der Waals surface area (Å²) in [4.78, 5) is 28.2. The Balaban J connectivity index is 2.65. The lowest BCUT2D eigenvalue weighted by Gasteiger charge is -2.31. The van der Waals surface area contributed by atoms with Crippen LogP contribution in [-0.2, 0) is 14.3 Å². The van der Waals surface area contributed by atoms with Crippen molar-refractivity contribution in [3.8, 4) is 0 Å². The highest BCUT2D eigenvalue weighted by atomic mass is 16.5. The second kappa shape index (κ2) is 9.03.